The largest absolute Gasteiger partial charge is 0.369 e. The Morgan fingerprint density at radius 3 is 2.47 bits per heavy atom. The van der Waals surface area contributed by atoms with Gasteiger partial charge in [-0.15, -0.1) is 0 Å². The van der Waals surface area contributed by atoms with Gasteiger partial charge in [-0.1, -0.05) is 38.8 Å². The van der Waals surface area contributed by atoms with Gasteiger partial charge in [-0.25, -0.2) is 0 Å². The number of hydrogen-bond acceptors (Lipinski definition) is 1. The van der Waals surface area contributed by atoms with E-state index in [1.54, 1.807) is 0 Å². The maximum Gasteiger partial charge on any atom is 0.220 e. The molecular formula is C13H25NO. The lowest BCUT2D eigenvalue weighted by Gasteiger charge is -2.10. The molecule has 0 heterocycles. The molecular weight excluding hydrogens is 186 g/mol. The highest BCUT2D eigenvalue weighted by Crippen LogP contribution is 2.15. The molecule has 15 heavy (non-hydrogen) atoms. The molecule has 0 aromatic carbocycles. The van der Waals surface area contributed by atoms with E-state index < -0.39 is 0 Å². The van der Waals surface area contributed by atoms with Gasteiger partial charge >= 0.3 is 0 Å². The third-order valence-corrected chi connectivity index (χ3v) is 2.62. The van der Waals surface area contributed by atoms with Crippen molar-refractivity contribution in [1.29, 1.82) is 0 Å². The molecule has 0 spiro atoms. The standard InChI is InChI=1S/C13H25NO/c1-3-5-6-7-8-9-11-12(10-4-2)13(14)15/h5-6,12H,3-4,7-11H2,1-2H3,(H2,14,15). The minimum absolute atomic E-state index is 0.102. The van der Waals surface area contributed by atoms with E-state index in [9.17, 15) is 4.79 Å². The number of carbonyl (C=O) groups excluding carboxylic acids is 1. The van der Waals surface area contributed by atoms with Gasteiger partial charge in [-0.2, -0.15) is 0 Å². The normalized spacial score (nSPS) is 13.2. The van der Waals surface area contributed by atoms with Crippen molar-refractivity contribution in [3.8, 4) is 0 Å². The van der Waals surface area contributed by atoms with Crippen LogP contribution in [-0.2, 0) is 4.79 Å². The fourth-order valence-corrected chi connectivity index (χ4v) is 1.71. The average Bonchev–Trinajstić information content (AvgIpc) is 2.21. The summed E-state index contributed by atoms with van der Waals surface area (Å²) in [5, 5.41) is 0. The van der Waals surface area contributed by atoms with Gasteiger partial charge in [-0.3, -0.25) is 4.79 Å². The Balaban J connectivity index is 3.53. The number of unbranched alkanes of at least 4 members (excludes halogenated alkanes) is 2. The Bertz CT molecular complexity index is 187. The summed E-state index contributed by atoms with van der Waals surface area (Å²) >= 11 is 0. The van der Waals surface area contributed by atoms with Crippen LogP contribution >= 0.6 is 0 Å². The molecule has 0 bridgehead atoms. The van der Waals surface area contributed by atoms with Crippen molar-refractivity contribution in [2.24, 2.45) is 11.7 Å². The molecule has 0 aliphatic rings. The van der Waals surface area contributed by atoms with Crippen LogP contribution in [0, 0.1) is 5.92 Å². The Hall–Kier alpha value is -0.790. The zero-order valence-corrected chi connectivity index (χ0v) is 10.2. The Morgan fingerprint density at radius 2 is 1.93 bits per heavy atom. The van der Waals surface area contributed by atoms with Crippen molar-refractivity contribution < 1.29 is 4.79 Å². The zero-order chi connectivity index (χ0) is 11.5. The van der Waals surface area contributed by atoms with E-state index in [1.165, 1.54) is 6.42 Å². The molecule has 0 aromatic heterocycles. The van der Waals surface area contributed by atoms with Gasteiger partial charge in [0.1, 0.15) is 0 Å². The fourth-order valence-electron chi connectivity index (χ4n) is 1.71. The Morgan fingerprint density at radius 1 is 1.20 bits per heavy atom. The lowest BCUT2D eigenvalue weighted by Crippen LogP contribution is -2.22. The number of hydrogen-bond donors (Lipinski definition) is 1. The average molecular weight is 211 g/mol. The number of amides is 1. The molecule has 0 aliphatic heterocycles. The van der Waals surface area contributed by atoms with Crippen LogP contribution in [0.1, 0.15) is 58.8 Å². The molecule has 88 valence electrons. The number of rotatable bonds is 9. The molecule has 0 saturated heterocycles. The van der Waals surface area contributed by atoms with Crippen LogP contribution in [0.15, 0.2) is 12.2 Å². The quantitative estimate of drug-likeness (QED) is 0.461. The number of primary amides is 1. The molecule has 1 atom stereocenters. The monoisotopic (exact) mass is 211 g/mol. The van der Waals surface area contributed by atoms with Gasteiger partial charge < -0.3 is 5.73 Å². The minimum Gasteiger partial charge on any atom is -0.369 e. The summed E-state index contributed by atoms with van der Waals surface area (Å²) in [5.41, 5.74) is 5.33. The molecule has 2 N–H and O–H groups in total. The van der Waals surface area contributed by atoms with Crippen LogP contribution in [0.2, 0.25) is 0 Å². The number of nitrogens with two attached hydrogens (primary N) is 1. The first-order valence-corrected chi connectivity index (χ1v) is 6.16. The van der Waals surface area contributed by atoms with Crippen molar-refractivity contribution in [2.75, 3.05) is 0 Å². The van der Waals surface area contributed by atoms with Crippen LogP contribution < -0.4 is 5.73 Å². The topological polar surface area (TPSA) is 43.1 Å². The highest BCUT2D eigenvalue weighted by atomic mass is 16.1. The molecule has 0 rings (SSSR count). The maximum atomic E-state index is 11.1. The van der Waals surface area contributed by atoms with Gasteiger partial charge in [0.05, 0.1) is 0 Å². The van der Waals surface area contributed by atoms with E-state index in [0.29, 0.717) is 0 Å². The first-order chi connectivity index (χ1) is 7.22. The predicted molar refractivity (Wildman–Crippen MR) is 65.5 cm³/mol. The second kappa shape index (κ2) is 9.75. The SMILES string of the molecule is CCC=CCCCCC(CCC)C(N)=O. The first-order valence-electron chi connectivity index (χ1n) is 6.16. The van der Waals surface area contributed by atoms with Crippen LogP contribution in [0.3, 0.4) is 0 Å². The predicted octanol–water partition coefficient (Wildman–Crippen LogP) is 3.41. The van der Waals surface area contributed by atoms with Crippen LogP contribution in [0.5, 0.6) is 0 Å². The van der Waals surface area contributed by atoms with E-state index in [4.69, 9.17) is 5.73 Å². The van der Waals surface area contributed by atoms with Crippen LogP contribution in [-0.4, -0.2) is 5.91 Å². The molecule has 1 amide bonds. The molecule has 0 saturated carbocycles. The Kier molecular flexibility index (Phi) is 9.24. The molecule has 0 radical (unpaired) electrons. The van der Waals surface area contributed by atoms with Gasteiger partial charge in [0.15, 0.2) is 0 Å². The highest BCUT2D eigenvalue weighted by molar-refractivity contribution is 5.76. The maximum absolute atomic E-state index is 11.1. The minimum atomic E-state index is -0.124. The van der Waals surface area contributed by atoms with Gasteiger partial charge in [0.25, 0.3) is 0 Å². The lowest BCUT2D eigenvalue weighted by atomic mass is 9.96. The zero-order valence-electron chi connectivity index (χ0n) is 10.2. The van der Waals surface area contributed by atoms with E-state index in [2.05, 4.69) is 26.0 Å². The van der Waals surface area contributed by atoms with Gasteiger partial charge in [0, 0.05) is 5.92 Å². The summed E-state index contributed by atoms with van der Waals surface area (Å²) in [6.07, 6.45) is 11.9. The fraction of sp³-hybridized carbons (Fsp3) is 0.769. The summed E-state index contributed by atoms with van der Waals surface area (Å²) in [5.74, 6) is -0.0221. The summed E-state index contributed by atoms with van der Waals surface area (Å²) in [4.78, 5) is 11.1. The molecule has 0 aliphatic carbocycles. The van der Waals surface area contributed by atoms with Gasteiger partial charge in [0.2, 0.25) is 5.91 Å². The third-order valence-electron chi connectivity index (χ3n) is 2.62. The van der Waals surface area contributed by atoms with E-state index in [1.807, 2.05) is 0 Å². The molecule has 0 aromatic rings. The van der Waals surface area contributed by atoms with Crippen molar-refractivity contribution in [1.82, 2.24) is 0 Å². The first kappa shape index (κ1) is 14.2. The Labute approximate surface area is 93.9 Å². The molecule has 0 fully saturated rings. The third kappa shape index (κ3) is 8.22. The highest BCUT2D eigenvalue weighted by Gasteiger charge is 2.12. The van der Waals surface area contributed by atoms with E-state index >= 15 is 0 Å². The van der Waals surface area contributed by atoms with Crippen molar-refractivity contribution >= 4 is 5.91 Å². The molecule has 2 nitrogen and oxygen atoms in total. The molecule has 1 unspecified atom stereocenters. The van der Waals surface area contributed by atoms with Crippen LogP contribution in [0.25, 0.3) is 0 Å². The summed E-state index contributed by atoms with van der Waals surface area (Å²) in [7, 11) is 0. The van der Waals surface area contributed by atoms with Crippen LogP contribution in [0.4, 0.5) is 0 Å². The van der Waals surface area contributed by atoms with E-state index in [0.717, 1.165) is 38.5 Å². The van der Waals surface area contributed by atoms with Gasteiger partial charge in [-0.05, 0) is 32.1 Å². The second-order valence-electron chi connectivity index (χ2n) is 4.05. The second-order valence-corrected chi connectivity index (χ2v) is 4.05. The lowest BCUT2D eigenvalue weighted by molar-refractivity contribution is -0.122. The van der Waals surface area contributed by atoms with Crippen molar-refractivity contribution in [2.45, 2.75) is 58.8 Å². The van der Waals surface area contributed by atoms with Crippen molar-refractivity contribution in [3.05, 3.63) is 12.2 Å². The smallest absolute Gasteiger partial charge is 0.220 e. The van der Waals surface area contributed by atoms with E-state index in [-0.39, 0.29) is 11.8 Å². The summed E-state index contributed by atoms with van der Waals surface area (Å²) in [6.45, 7) is 4.24. The summed E-state index contributed by atoms with van der Waals surface area (Å²) < 4.78 is 0. The summed E-state index contributed by atoms with van der Waals surface area (Å²) in [6, 6.07) is 0. The van der Waals surface area contributed by atoms with Crippen molar-refractivity contribution in [3.63, 3.8) is 0 Å². The molecule has 2 heteroatoms. The number of allylic oxidation sites excluding steroid dienone is 2. The number of carbonyl (C=O) groups is 1.